The minimum atomic E-state index is -0.267. The van der Waals surface area contributed by atoms with Gasteiger partial charge in [0.15, 0.2) is 12.4 Å². The van der Waals surface area contributed by atoms with Crippen LogP contribution >= 0.6 is 0 Å². The smallest absolute Gasteiger partial charge is 0.294 e. The van der Waals surface area contributed by atoms with Gasteiger partial charge in [-0.2, -0.15) is 0 Å². The first-order valence-corrected chi connectivity index (χ1v) is 11.6. The Morgan fingerprint density at radius 2 is 1.60 bits per heavy atom. The van der Waals surface area contributed by atoms with Crippen molar-refractivity contribution in [3.63, 3.8) is 0 Å². The Balaban J connectivity index is 1.51. The van der Waals surface area contributed by atoms with Crippen LogP contribution in [0.15, 0.2) is 108 Å². The average molecular weight is 467 g/mol. The van der Waals surface area contributed by atoms with E-state index in [2.05, 4.69) is 0 Å². The summed E-state index contributed by atoms with van der Waals surface area (Å²) in [7, 11) is 0. The highest BCUT2D eigenvalue weighted by Gasteiger charge is 2.39. The van der Waals surface area contributed by atoms with E-state index >= 15 is 0 Å². The van der Waals surface area contributed by atoms with Crippen molar-refractivity contribution < 1.29 is 18.7 Å². The Morgan fingerprint density at radius 3 is 2.31 bits per heavy atom. The van der Waals surface area contributed by atoms with E-state index in [0.717, 1.165) is 16.9 Å². The number of carbonyl (C=O) groups is 2. The summed E-state index contributed by atoms with van der Waals surface area (Å²) in [6, 6.07) is 29.6. The molecule has 1 aliphatic heterocycles. The highest BCUT2D eigenvalue weighted by atomic mass is 16.5. The SMILES string of the molecule is C[C@H]1C[C@@H](N(C(=O)COc2ccccc2)c2ccccc2)c2ccccc2N1C(=O)c1ccco1. The van der Waals surface area contributed by atoms with Gasteiger partial charge in [-0.25, -0.2) is 0 Å². The Kier molecular flexibility index (Phi) is 6.35. The lowest BCUT2D eigenvalue weighted by Crippen LogP contribution is -2.48. The van der Waals surface area contributed by atoms with Crippen molar-refractivity contribution in [3.05, 3.63) is 115 Å². The summed E-state index contributed by atoms with van der Waals surface area (Å²) in [4.78, 5) is 30.5. The first-order chi connectivity index (χ1) is 17.1. The summed E-state index contributed by atoms with van der Waals surface area (Å²) < 4.78 is 11.2. The van der Waals surface area contributed by atoms with Crippen molar-refractivity contribution >= 4 is 23.2 Å². The summed E-state index contributed by atoms with van der Waals surface area (Å²) in [6.45, 7) is 1.90. The molecule has 0 saturated heterocycles. The number of para-hydroxylation sites is 3. The quantitative estimate of drug-likeness (QED) is 0.356. The van der Waals surface area contributed by atoms with Crippen molar-refractivity contribution in [2.75, 3.05) is 16.4 Å². The van der Waals surface area contributed by atoms with Gasteiger partial charge in [0.1, 0.15) is 5.75 Å². The minimum Gasteiger partial charge on any atom is -0.484 e. The summed E-state index contributed by atoms with van der Waals surface area (Å²) in [6.07, 6.45) is 2.06. The molecule has 0 N–H and O–H groups in total. The van der Waals surface area contributed by atoms with Crippen LogP contribution in [0.25, 0.3) is 0 Å². The lowest BCUT2D eigenvalue weighted by atomic mass is 9.89. The van der Waals surface area contributed by atoms with Crippen molar-refractivity contribution in [2.45, 2.75) is 25.4 Å². The number of hydrogen-bond donors (Lipinski definition) is 0. The molecule has 2 heterocycles. The maximum absolute atomic E-state index is 13.6. The predicted octanol–water partition coefficient (Wildman–Crippen LogP) is 5.87. The highest BCUT2D eigenvalue weighted by molar-refractivity contribution is 6.06. The molecule has 0 radical (unpaired) electrons. The van der Waals surface area contributed by atoms with Crippen LogP contribution in [0.5, 0.6) is 5.75 Å². The number of furan rings is 1. The third-order valence-corrected chi connectivity index (χ3v) is 6.23. The van der Waals surface area contributed by atoms with E-state index in [4.69, 9.17) is 9.15 Å². The lowest BCUT2D eigenvalue weighted by Gasteiger charge is -2.43. The number of nitrogens with zero attached hydrogens (tertiary/aromatic N) is 2. The number of hydrogen-bond acceptors (Lipinski definition) is 4. The fourth-order valence-electron chi connectivity index (χ4n) is 4.67. The summed E-state index contributed by atoms with van der Waals surface area (Å²) in [5, 5.41) is 0. The van der Waals surface area contributed by atoms with Crippen LogP contribution in [-0.2, 0) is 4.79 Å². The zero-order valence-electron chi connectivity index (χ0n) is 19.4. The predicted molar refractivity (Wildman–Crippen MR) is 135 cm³/mol. The summed E-state index contributed by atoms with van der Waals surface area (Å²) in [5.41, 5.74) is 2.46. The largest absolute Gasteiger partial charge is 0.484 e. The molecule has 1 aliphatic rings. The van der Waals surface area contributed by atoms with Gasteiger partial charge in [-0.1, -0.05) is 54.6 Å². The van der Waals surface area contributed by atoms with Crippen molar-refractivity contribution in [1.29, 1.82) is 0 Å². The third kappa shape index (κ3) is 4.55. The fourth-order valence-corrected chi connectivity index (χ4v) is 4.67. The van der Waals surface area contributed by atoms with Gasteiger partial charge in [0, 0.05) is 17.4 Å². The molecule has 6 heteroatoms. The van der Waals surface area contributed by atoms with Gasteiger partial charge >= 0.3 is 0 Å². The molecule has 176 valence electrons. The second-order valence-corrected chi connectivity index (χ2v) is 8.51. The van der Waals surface area contributed by atoms with Gasteiger partial charge in [-0.15, -0.1) is 0 Å². The topological polar surface area (TPSA) is 63.0 Å². The van der Waals surface area contributed by atoms with Gasteiger partial charge in [0.05, 0.1) is 12.3 Å². The van der Waals surface area contributed by atoms with Crippen LogP contribution in [0, 0.1) is 0 Å². The fraction of sp³-hybridized carbons (Fsp3) is 0.172. The standard InChI is InChI=1S/C29H26N2O4/c1-21-19-26(24-15-8-9-16-25(24)30(21)29(33)27-17-10-18-34-27)31(22-11-4-2-5-12-22)28(32)20-35-23-13-6-3-7-14-23/h2-18,21,26H,19-20H2,1H3/t21-,26+/m0/s1. The van der Waals surface area contributed by atoms with Crippen LogP contribution < -0.4 is 14.5 Å². The lowest BCUT2D eigenvalue weighted by molar-refractivity contribution is -0.121. The molecular weight excluding hydrogens is 440 g/mol. The maximum atomic E-state index is 13.6. The summed E-state index contributed by atoms with van der Waals surface area (Å²) in [5.74, 6) is 0.579. The molecule has 2 atom stereocenters. The van der Waals surface area contributed by atoms with E-state index in [-0.39, 0.29) is 36.3 Å². The molecule has 5 rings (SSSR count). The molecule has 0 fully saturated rings. The number of fused-ring (bicyclic) bond motifs is 1. The van der Waals surface area contributed by atoms with Gasteiger partial charge < -0.3 is 19.0 Å². The molecule has 35 heavy (non-hydrogen) atoms. The van der Waals surface area contributed by atoms with Gasteiger partial charge in [-0.05, 0) is 61.4 Å². The zero-order valence-corrected chi connectivity index (χ0v) is 19.4. The Morgan fingerprint density at radius 1 is 0.914 bits per heavy atom. The molecule has 0 aliphatic carbocycles. The van der Waals surface area contributed by atoms with E-state index < -0.39 is 0 Å². The molecule has 0 bridgehead atoms. The van der Waals surface area contributed by atoms with E-state index in [0.29, 0.717) is 12.2 Å². The van der Waals surface area contributed by atoms with Crippen LogP contribution in [0.3, 0.4) is 0 Å². The number of ether oxygens (including phenoxy) is 1. The van der Waals surface area contributed by atoms with Crippen molar-refractivity contribution in [1.82, 2.24) is 0 Å². The first-order valence-electron chi connectivity index (χ1n) is 11.6. The normalized spacial score (nSPS) is 16.9. The van der Waals surface area contributed by atoms with Crippen molar-refractivity contribution in [2.24, 2.45) is 0 Å². The van der Waals surface area contributed by atoms with Gasteiger partial charge in [0.25, 0.3) is 11.8 Å². The molecule has 0 spiro atoms. The van der Waals surface area contributed by atoms with E-state index in [9.17, 15) is 9.59 Å². The monoisotopic (exact) mass is 466 g/mol. The van der Waals surface area contributed by atoms with Gasteiger partial charge in [-0.3, -0.25) is 9.59 Å². The number of carbonyl (C=O) groups excluding carboxylic acids is 2. The molecule has 6 nitrogen and oxygen atoms in total. The molecule has 4 aromatic rings. The molecule has 0 saturated carbocycles. The molecule has 1 aromatic heterocycles. The Hall–Kier alpha value is -4.32. The van der Waals surface area contributed by atoms with Crippen molar-refractivity contribution in [3.8, 4) is 5.75 Å². The number of rotatable bonds is 6. The van der Waals surface area contributed by atoms with Gasteiger partial charge in [0.2, 0.25) is 0 Å². The third-order valence-electron chi connectivity index (χ3n) is 6.23. The average Bonchev–Trinajstić information content (AvgIpc) is 3.44. The van der Waals surface area contributed by atoms with Crippen LogP contribution in [0.2, 0.25) is 0 Å². The zero-order chi connectivity index (χ0) is 24.2. The van der Waals surface area contributed by atoms with E-state index in [1.165, 1.54) is 6.26 Å². The van der Waals surface area contributed by atoms with Crippen LogP contribution in [0.1, 0.15) is 35.5 Å². The molecule has 2 amide bonds. The Bertz CT molecular complexity index is 1290. The minimum absolute atomic E-state index is 0.0962. The number of amides is 2. The summed E-state index contributed by atoms with van der Waals surface area (Å²) >= 11 is 0. The maximum Gasteiger partial charge on any atom is 0.294 e. The molecular formula is C29H26N2O4. The van der Waals surface area contributed by atoms with Crippen LogP contribution in [0.4, 0.5) is 11.4 Å². The van der Waals surface area contributed by atoms with E-state index in [1.807, 2.05) is 91.9 Å². The number of benzene rings is 3. The second-order valence-electron chi connectivity index (χ2n) is 8.51. The second kappa shape index (κ2) is 9.89. The molecule has 0 unspecified atom stereocenters. The number of anilines is 2. The Labute approximate surface area is 204 Å². The van der Waals surface area contributed by atoms with E-state index in [1.54, 1.807) is 21.9 Å². The highest BCUT2D eigenvalue weighted by Crippen LogP contribution is 2.42. The first kappa shape index (κ1) is 22.5. The molecule has 3 aromatic carbocycles. The van der Waals surface area contributed by atoms with Crippen LogP contribution in [-0.4, -0.2) is 24.5 Å².